The summed E-state index contributed by atoms with van der Waals surface area (Å²) < 4.78 is 5.70. The van der Waals surface area contributed by atoms with Gasteiger partial charge in [0.2, 0.25) is 5.88 Å². The third kappa shape index (κ3) is 4.76. The van der Waals surface area contributed by atoms with Crippen molar-refractivity contribution in [3.8, 4) is 5.88 Å². The number of rotatable bonds is 6. The summed E-state index contributed by atoms with van der Waals surface area (Å²) >= 11 is 0. The predicted molar refractivity (Wildman–Crippen MR) is 86.7 cm³/mol. The second-order valence-electron chi connectivity index (χ2n) is 5.87. The lowest BCUT2D eigenvalue weighted by Gasteiger charge is -2.19. The first-order valence-corrected chi connectivity index (χ1v) is 8.24. The molecule has 3 N–H and O–H groups in total. The van der Waals surface area contributed by atoms with Crippen LogP contribution in [-0.2, 0) is 0 Å². The SMILES string of the molecule is CCCCOc1nc(C)nc(NC2CCCCCC2)c1N. The average Bonchev–Trinajstić information content (AvgIpc) is 2.72. The molecule has 0 atom stereocenters. The molecule has 5 nitrogen and oxygen atoms in total. The highest BCUT2D eigenvalue weighted by Crippen LogP contribution is 2.29. The van der Waals surface area contributed by atoms with Gasteiger partial charge in [0.15, 0.2) is 5.82 Å². The van der Waals surface area contributed by atoms with Gasteiger partial charge in [-0.3, -0.25) is 0 Å². The summed E-state index contributed by atoms with van der Waals surface area (Å²) in [5, 5.41) is 3.50. The lowest BCUT2D eigenvalue weighted by molar-refractivity contribution is 0.298. The van der Waals surface area contributed by atoms with Crippen LogP contribution in [0.3, 0.4) is 0 Å². The number of aromatic nitrogens is 2. The summed E-state index contributed by atoms with van der Waals surface area (Å²) in [7, 11) is 0. The van der Waals surface area contributed by atoms with Crippen LogP contribution < -0.4 is 15.8 Å². The molecular weight excluding hydrogens is 264 g/mol. The third-order valence-corrected chi connectivity index (χ3v) is 3.96. The molecule has 0 amide bonds. The Balaban J connectivity index is 2.06. The van der Waals surface area contributed by atoms with Crippen molar-refractivity contribution in [2.75, 3.05) is 17.7 Å². The van der Waals surface area contributed by atoms with Crippen molar-refractivity contribution in [2.24, 2.45) is 0 Å². The molecule has 1 saturated carbocycles. The third-order valence-electron chi connectivity index (χ3n) is 3.96. The monoisotopic (exact) mass is 292 g/mol. The second kappa shape index (κ2) is 8.05. The molecular formula is C16H28N4O. The van der Waals surface area contributed by atoms with Crippen LogP contribution in [-0.4, -0.2) is 22.6 Å². The van der Waals surface area contributed by atoms with E-state index in [0.29, 0.717) is 30.0 Å². The highest BCUT2D eigenvalue weighted by atomic mass is 16.5. The van der Waals surface area contributed by atoms with Gasteiger partial charge in [0.05, 0.1) is 6.61 Å². The maximum absolute atomic E-state index is 6.18. The Hall–Kier alpha value is -1.52. The van der Waals surface area contributed by atoms with Crippen LogP contribution in [0, 0.1) is 6.92 Å². The van der Waals surface area contributed by atoms with Crippen LogP contribution in [0.5, 0.6) is 5.88 Å². The average molecular weight is 292 g/mol. The quantitative estimate of drug-likeness (QED) is 0.618. The molecule has 0 aliphatic heterocycles. The number of hydrogen-bond acceptors (Lipinski definition) is 5. The lowest BCUT2D eigenvalue weighted by Crippen LogP contribution is -2.21. The smallest absolute Gasteiger partial charge is 0.242 e. The number of nitrogen functional groups attached to an aromatic ring is 1. The fraction of sp³-hybridized carbons (Fsp3) is 0.750. The van der Waals surface area contributed by atoms with Crippen molar-refractivity contribution < 1.29 is 4.74 Å². The minimum absolute atomic E-state index is 0.465. The summed E-state index contributed by atoms with van der Waals surface area (Å²) in [6.45, 7) is 4.67. The minimum Gasteiger partial charge on any atom is -0.476 e. The van der Waals surface area contributed by atoms with E-state index in [2.05, 4.69) is 22.2 Å². The molecule has 1 aromatic rings. The summed E-state index contributed by atoms with van der Waals surface area (Å²) in [6.07, 6.45) is 9.71. The first-order chi connectivity index (χ1) is 10.2. The Labute approximate surface area is 127 Å². The molecule has 118 valence electrons. The van der Waals surface area contributed by atoms with Gasteiger partial charge in [-0.2, -0.15) is 4.98 Å². The summed E-state index contributed by atoms with van der Waals surface area (Å²) in [4.78, 5) is 8.78. The van der Waals surface area contributed by atoms with Crippen LogP contribution in [0.25, 0.3) is 0 Å². The van der Waals surface area contributed by atoms with Crippen molar-refractivity contribution in [2.45, 2.75) is 71.3 Å². The van der Waals surface area contributed by atoms with Crippen molar-refractivity contribution >= 4 is 11.5 Å². The van der Waals surface area contributed by atoms with E-state index >= 15 is 0 Å². The summed E-state index contributed by atoms with van der Waals surface area (Å²) in [6, 6.07) is 0.465. The summed E-state index contributed by atoms with van der Waals surface area (Å²) in [5.74, 6) is 1.96. The number of nitrogens with two attached hydrogens (primary N) is 1. The molecule has 0 radical (unpaired) electrons. The Morgan fingerprint density at radius 3 is 2.57 bits per heavy atom. The van der Waals surface area contributed by atoms with E-state index in [1.807, 2.05) is 6.92 Å². The molecule has 1 aromatic heterocycles. The van der Waals surface area contributed by atoms with Crippen LogP contribution in [0.15, 0.2) is 0 Å². The zero-order valence-corrected chi connectivity index (χ0v) is 13.3. The van der Waals surface area contributed by atoms with E-state index in [9.17, 15) is 0 Å². The van der Waals surface area contributed by atoms with Crippen LogP contribution in [0.2, 0.25) is 0 Å². The van der Waals surface area contributed by atoms with Crippen LogP contribution in [0.1, 0.15) is 64.1 Å². The molecule has 1 fully saturated rings. The fourth-order valence-corrected chi connectivity index (χ4v) is 2.71. The molecule has 5 heteroatoms. The Morgan fingerprint density at radius 2 is 1.90 bits per heavy atom. The molecule has 1 aliphatic rings. The van der Waals surface area contributed by atoms with Crippen molar-refractivity contribution in [3.05, 3.63) is 5.82 Å². The Bertz CT molecular complexity index is 442. The number of nitrogens with one attached hydrogen (secondary N) is 1. The molecule has 21 heavy (non-hydrogen) atoms. The molecule has 0 spiro atoms. The molecule has 2 rings (SSSR count). The first-order valence-electron chi connectivity index (χ1n) is 8.24. The maximum atomic E-state index is 6.18. The van der Waals surface area contributed by atoms with E-state index in [1.54, 1.807) is 0 Å². The molecule has 0 unspecified atom stereocenters. The highest BCUT2D eigenvalue weighted by Gasteiger charge is 2.17. The van der Waals surface area contributed by atoms with Crippen LogP contribution >= 0.6 is 0 Å². The van der Waals surface area contributed by atoms with E-state index in [-0.39, 0.29) is 0 Å². The largest absolute Gasteiger partial charge is 0.476 e. The number of nitrogens with zero attached hydrogens (tertiary/aromatic N) is 2. The highest BCUT2D eigenvalue weighted by molar-refractivity contribution is 5.67. The number of aryl methyl sites for hydroxylation is 1. The van der Waals surface area contributed by atoms with Gasteiger partial charge in [0.25, 0.3) is 0 Å². The summed E-state index contributed by atoms with van der Waals surface area (Å²) in [5.41, 5.74) is 6.72. The number of anilines is 2. The zero-order valence-electron chi connectivity index (χ0n) is 13.3. The number of hydrogen-bond donors (Lipinski definition) is 2. The van der Waals surface area contributed by atoms with Crippen molar-refractivity contribution in [1.29, 1.82) is 0 Å². The lowest BCUT2D eigenvalue weighted by atomic mass is 10.1. The van der Waals surface area contributed by atoms with Gasteiger partial charge in [-0.1, -0.05) is 39.0 Å². The second-order valence-corrected chi connectivity index (χ2v) is 5.87. The predicted octanol–water partition coefficient (Wildman–Crippen LogP) is 3.68. The van der Waals surface area contributed by atoms with Gasteiger partial charge in [-0.15, -0.1) is 0 Å². The van der Waals surface area contributed by atoms with Gasteiger partial charge in [0, 0.05) is 6.04 Å². The van der Waals surface area contributed by atoms with Crippen LogP contribution in [0.4, 0.5) is 11.5 Å². The van der Waals surface area contributed by atoms with E-state index < -0.39 is 0 Å². The Morgan fingerprint density at radius 1 is 1.19 bits per heavy atom. The maximum Gasteiger partial charge on any atom is 0.242 e. The molecule has 0 saturated heterocycles. The fourth-order valence-electron chi connectivity index (χ4n) is 2.71. The van der Waals surface area contributed by atoms with E-state index in [0.717, 1.165) is 18.7 Å². The molecule has 0 aromatic carbocycles. The topological polar surface area (TPSA) is 73.1 Å². The van der Waals surface area contributed by atoms with E-state index in [4.69, 9.17) is 10.5 Å². The minimum atomic E-state index is 0.465. The first kappa shape index (κ1) is 15.9. The Kier molecular flexibility index (Phi) is 6.08. The molecule has 1 heterocycles. The molecule has 1 aliphatic carbocycles. The van der Waals surface area contributed by atoms with E-state index in [1.165, 1.54) is 38.5 Å². The van der Waals surface area contributed by atoms with Gasteiger partial charge >= 0.3 is 0 Å². The standard InChI is InChI=1S/C16H28N4O/c1-3-4-11-21-16-14(17)15(18-12(2)19-16)20-13-9-7-5-6-8-10-13/h13H,3-11,17H2,1-2H3,(H,18,19,20). The zero-order chi connectivity index (χ0) is 15.1. The van der Waals surface area contributed by atoms with Gasteiger partial charge in [-0.05, 0) is 26.2 Å². The number of ether oxygens (including phenoxy) is 1. The van der Waals surface area contributed by atoms with Crippen molar-refractivity contribution in [3.63, 3.8) is 0 Å². The van der Waals surface area contributed by atoms with Gasteiger partial charge < -0.3 is 15.8 Å². The number of unbranched alkanes of at least 4 members (excludes halogenated alkanes) is 1. The van der Waals surface area contributed by atoms with Gasteiger partial charge in [0.1, 0.15) is 11.5 Å². The normalized spacial score (nSPS) is 16.5. The van der Waals surface area contributed by atoms with Crippen molar-refractivity contribution in [1.82, 2.24) is 9.97 Å². The molecule has 0 bridgehead atoms. The van der Waals surface area contributed by atoms with Gasteiger partial charge in [-0.25, -0.2) is 4.98 Å².